The maximum absolute atomic E-state index is 12.5. The summed E-state index contributed by atoms with van der Waals surface area (Å²) in [4.78, 5) is 16.7. The van der Waals surface area contributed by atoms with Gasteiger partial charge in [0.25, 0.3) is 5.91 Å². The maximum atomic E-state index is 12.5. The standard InChI is InChI=1S/C18H16N2O3/c1-22-14-7-8-17(23-2)15(10-14)20-18(21)16-9-12-5-3-4-6-13(12)11-19-16/h3-11H,1-2H3,(H,20,21). The summed E-state index contributed by atoms with van der Waals surface area (Å²) in [5.41, 5.74) is 0.875. The van der Waals surface area contributed by atoms with Crippen LogP contribution in [0.25, 0.3) is 10.8 Å². The van der Waals surface area contributed by atoms with Gasteiger partial charge in [0.2, 0.25) is 0 Å². The van der Waals surface area contributed by atoms with Crippen molar-refractivity contribution in [1.82, 2.24) is 4.98 Å². The van der Waals surface area contributed by atoms with Crippen LogP contribution in [0.15, 0.2) is 54.7 Å². The Balaban J connectivity index is 1.91. The van der Waals surface area contributed by atoms with E-state index in [4.69, 9.17) is 9.47 Å². The molecule has 1 amide bonds. The maximum Gasteiger partial charge on any atom is 0.274 e. The number of methoxy groups -OCH3 is 2. The van der Waals surface area contributed by atoms with Crippen LogP contribution in [0.4, 0.5) is 5.69 Å². The Labute approximate surface area is 133 Å². The molecule has 1 heterocycles. The number of carbonyl (C=O) groups excluding carboxylic acids is 1. The van der Waals surface area contributed by atoms with Crippen molar-refractivity contribution < 1.29 is 14.3 Å². The highest BCUT2D eigenvalue weighted by Crippen LogP contribution is 2.29. The summed E-state index contributed by atoms with van der Waals surface area (Å²) >= 11 is 0. The van der Waals surface area contributed by atoms with Crippen molar-refractivity contribution in [2.45, 2.75) is 0 Å². The van der Waals surface area contributed by atoms with E-state index < -0.39 is 0 Å². The zero-order chi connectivity index (χ0) is 16.2. The van der Waals surface area contributed by atoms with Crippen molar-refractivity contribution in [3.8, 4) is 11.5 Å². The van der Waals surface area contributed by atoms with Crippen LogP contribution >= 0.6 is 0 Å². The van der Waals surface area contributed by atoms with Crippen LogP contribution in [-0.2, 0) is 0 Å². The fourth-order valence-electron chi connectivity index (χ4n) is 2.31. The monoisotopic (exact) mass is 308 g/mol. The van der Waals surface area contributed by atoms with Gasteiger partial charge in [0.15, 0.2) is 0 Å². The average molecular weight is 308 g/mol. The second kappa shape index (κ2) is 6.36. The number of hydrogen-bond acceptors (Lipinski definition) is 4. The van der Waals surface area contributed by atoms with Crippen molar-refractivity contribution >= 4 is 22.4 Å². The molecule has 5 heteroatoms. The molecule has 0 fully saturated rings. The minimum atomic E-state index is -0.303. The average Bonchev–Trinajstić information content (AvgIpc) is 2.61. The third-order valence-corrected chi connectivity index (χ3v) is 3.52. The van der Waals surface area contributed by atoms with Crippen LogP contribution in [0.1, 0.15) is 10.5 Å². The summed E-state index contributed by atoms with van der Waals surface area (Å²) in [6.07, 6.45) is 1.69. The van der Waals surface area contributed by atoms with Gasteiger partial charge in [-0.3, -0.25) is 9.78 Å². The first-order valence-electron chi connectivity index (χ1n) is 7.09. The Hall–Kier alpha value is -3.08. The topological polar surface area (TPSA) is 60.5 Å². The predicted molar refractivity (Wildman–Crippen MR) is 89.2 cm³/mol. The summed E-state index contributed by atoms with van der Waals surface area (Å²) in [5, 5.41) is 4.76. The van der Waals surface area contributed by atoms with Gasteiger partial charge in [0.05, 0.1) is 19.9 Å². The number of fused-ring (bicyclic) bond motifs is 1. The normalized spacial score (nSPS) is 10.3. The first kappa shape index (κ1) is 14.8. The number of aromatic nitrogens is 1. The van der Waals surface area contributed by atoms with Crippen LogP contribution in [-0.4, -0.2) is 25.1 Å². The van der Waals surface area contributed by atoms with Crippen molar-refractivity contribution in [1.29, 1.82) is 0 Å². The highest BCUT2D eigenvalue weighted by molar-refractivity contribution is 6.05. The van der Waals surface area contributed by atoms with Crippen LogP contribution in [0, 0.1) is 0 Å². The van der Waals surface area contributed by atoms with Crippen LogP contribution in [0.2, 0.25) is 0 Å². The molecule has 0 saturated heterocycles. The molecular formula is C18H16N2O3. The van der Waals surface area contributed by atoms with E-state index in [0.29, 0.717) is 22.9 Å². The molecule has 0 bridgehead atoms. The third kappa shape index (κ3) is 3.08. The van der Waals surface area contributed by atoms with Crippen molar-refractivity contribution in [2.24, 2.45) is 0 Å². The first-order chi connectivity index (χ1) is 11.2. The lowest BCUT2D eigenvalue weighted by atomic mass is 10.1. The van der Waals surface area contributed by atoms with Gasteiger partial charge in [-0.15, -0.1) is 0 Å². The minimum Gasteiger partial charge on any atom is -0.497 e. The molecule has 0 saturated carbocycles. The Morgan fingerprint density at radius 3 is 2.52 bits per heavy atom. The van der Waals surface area contributed by atoms with Gasteiger partial charge in [-0.2, -0.15) is 0 Å². The highest BCUT2D eigenvalue weighted by atomic mass is 16.5. The fraction of sp³-hybridized carbons (Fsp3) is 0.111. The second-order valence-corrected chi connectivity index (χ2v) is 4.94. The van der Waals surface area contributed by atoms with Gasteiger partial charge in [-0.25, -0.2) is 0 Å². The number of ether oxygens (including phenoxy) is 2. The van der Waals surface area contributed by atoms with E-state index in [-0.39, 0.29) is 5.91 Å². The molecule has 116 valence electrons. The van der Waals surface area contributed by atoms with Gasteiger partial charge in [0.1, 0.15) is 17.2 Å². The number of benzene rings is 2. The Kier molecular flexibility index (Phi) is 4.10. The molecule has 0 aliphatic heterocycles. The predicted octanol–water partition coefficient (Wildman–Crippen LogP) is 3.50. The summed E-state index contributed by atoms with van der Waals surface area (Å²) in [6.45, 7) is 0. The van der Waals surface area contributed by atoms with E-state index in [9.17, 15) is 4.79 Å². The largest absolute Gasteiger partial charge is 0.497 e. The number of nitrogens with zero attached hydrogens (tertiary/aromatic N) is 1. The fourth-order valence-corrected chi connectivity index (χ4v) is 2.31. The van der Waals surface area contributed by atoms with Gasteiger partial charge in [-0.1, -0.05) is 24.3 Å². The molecule has 3 rings (SSSR count). The quantitative estimate of drug-likeness (QED) is 0.801. The molecule has 0 unspecified atom stereocenters. The number of pyridine rings is 1. The minimum absolute atomic E-state index is 0.303. The van der Waals surface area contributed by atoms with E-state index in [1.165, 1.54) is 0 Å². The molecule has 0 aliphatic rings. The summed E-state index contributed by atoms with van der Waals surface area (Å²) in [6, 6.07) is 14.7. The van der Waals surface area contributed by atoms with Crippen LogP contribution < -0.4 is 14.8 Å². The molecule has 23 heavy (non-hydrogen) atoms. The SMILES string of the molecule is COc1ccc(OC)c(NC(=O)c2cc3ccccc3cn2)c1. The smallest absolute Gasteiger partial charge is 0.274 e. The molecule has 5 nitrogen and oxygen atoms in total. The molecule has 0 aliphatic carbocycles. The number of carbonyl (C=O) groups is 1. The number of hydrogen-bond donors (Lipinski definition) is 1. The van der Waals surface area contributed by atoms with E-state index in [2.05, 4.69) is 10.3 Å². The summed E-state index contributed by atoms with van der Waals surface area (Å²) < 4.78 is 10.4. The lowest BCUT2D eigenvalue weighted by molar-refractivity contribution is 0.102. The lowest BCUT2D eigenvalue weighted by Gasteiger charge is -2.11. The molecule has 0 atom stereocenters. The van der Waals surface area contributed by atoms with Gasteiger partial charge in [0, 0.05) is 17.6 Å². The van der Waals surface area contributed by atoms with Crippen molar-refractivity contribution in [2.75, 3.05) is 19.5 Å². The Bertz CT molecular complexity index is 862. The van der Waals surface area contributed by atoms with E-state index in [0.717, 1.165) is 10.8 Å². The zero-order valence-corrected chi connectivity index (χ0v) is 12.9. The molecular weight excluding hydrogens is 292 g/mol. The second-order valence-electron chi connectivity index (χ2n) is 4.94. The molecule has 0 radical (unpaired) electrons. The van der Waals surface area contributed by atoms with Crippen molar-refractivity contribution in [3.05, 3.63) is 60.4 Å². The molecule has 3 aromatic rings. The number of amides is 1. The molecule has 1 N–H and O–H groups in total. The summed E-state index contributed by atoms with van der Waals surface area (Å²) in [5.74, 6) is 0.884. The van der Waals surface area contributed by atoms with Crippen molar-refractivity contribution in [3.63, 3.8) is 0 Å². The number of anilines is 1. The van der Waals surface area contributed by atoms with Gasteiger partial charge in [-0.05, 0) is 23.6 Å². The van der Waals surface area contributed by atoms with Gasteiger partial charge >= 0.3 is 0 Å². The van der Waals surface area contributed by atoms with Gasteiger partial charge < -0.3 is 14.8 Å². The van der Waals surface area contributed by atoms with Crippen LogP contribution in [0.3, 0.4) is 0 Å². The number of nitrogens with one attached hydrogen (secondary N) is 1. The Morgan fingerprint density at radius 2 is 1.78 bits per heavy atom. The first-order valence-corrected chi connectivity index (χ1v) is 7.09. The third-order valence-electron chi connectivity index (χ3n) is 3.52. The van der Waals surface area contributed by atoms with E-state index in [1.807, 2.05) is 24.3 Å². The highest BCUT2D eigenvalue weighted by Gasteiger charge is 2.12. The van der Waals surface area contributed by atoms with E-state index in [1.54, 1.807) is 44.7 Å². The molecule has 2 aromatic carbocycles. The number of rotatable bonds is 4. The lowest BCUT2D eigenvalue weighted by Crippen LogP contribution is -2.14. The van der Waals surface area contributed by atoms with Crippen LogP contribution in [0.5, 0.6) is 11.5 Å². The molecule has 0 spiro atoms. The zero-order valence-electron chi connectivity index (χ0n) is 12.9. The Morgan fingerprint density at radius 1 is 1.00 bits per heavy atom. The van der Waals surface area contributed by atoms with E-state index >= 15 is 0 Å². The summed E-state index contributed by atoms with van der Waals surface area (Å²) in [7, 11) is 3.12. The molecule has 1 aromatic heterocycles.